The van der Waals surface area contributed by atoms with Crippen molar-refractivity contribution in [2.75, 3.05) is 0 Å². The van der Waals surface area contributed by atoms with E-state index in [-0.39, 0.29) is 16.3 Å². The van der Waals surface area contributed by atoms with Crippen LogP contribution in [0.15, 0.2) is 35.5 Å². The van der Waals surface area contributed by atoms with E-state index in [1.54, 1.807) is 12.1 Å². The summed E-state index contributed by atoms with van der Waals surface area (Å²) >= 11 is 5.67. The summed E-state index contributed by atoms with van der Waals surface area (Å²) in [6.45, 7) is 0. The van der Waals surface area contributed by atoms with Gasteiger partial charge in [-0.1, -0.05) is 23.7 Å². The first-order valence-electron chi connectivity index (χ1n) is 5.99. The molecule has 0 saturated heterocycles. The molecule has 0 aromatic heterocycles. The third kappa shape index (κ3) is 2.07. The van der Waals surface area contributed by atoms with E-state index in [4.69, 9.17) is 16.4 Å². The van der Waals surface area contributed by atoms with E-state index in [0.29, 0.717) is 4.90 Å². The molecule has 0 fully saturated rings. The van der Waals surface area contributed by atoms with Crippen LogP contribution >= 0.6 is 11.6 Å². The second-order valence-corrected chi connectivity index (χ2v) is 4.92. The van der Waals surface area contributed by atoms with E-state index >= 15 is 0 Å². The van der Waals surface area contributed by atoms with Gasteiger partial charge in [0.25, 0.3) is 11.8 Å². The van der Waals surface area contributed by atoms with E-state index in [2.05, 4.69) is 5.48 Å². The number of aliphatic carboxylic acids is 1. The lowest BCUT2D eigenvalue weighted by Crippen LogP contribution is -2.51. The molecule has 21 heavy (non-hydrogen) atoms. The van der Waals surface area contributed by atoms with E-state index in [1.807, 2.05) is 0 Å². The molecule has 2 aliphatic rings. The van der Waals surface area contributed by atoms with Crippen LogP contribution in [0.4, 0.5) is 0 Å². The van der Waals surface area contributed by atoms with Gasteiger partial charge in [-0.25, -0.2) is 4.79 Å². The highest BCUT2D eigenvalue weighted by molar-refractivity contribution is 6.29. The van der Waals surface area contributed by atoms with Gasteiger partial charge in [0.15, 0.2) is 6.04 Å². The number of rotatable bonds is 3. The van der Waals surface area contributed by atoms with Crippen LogP contribution in [0.5, 0.6) is 0 Å². The number of fused-ring (bicyclic) bond motifs is 1. The van der Waals surface area contributed by atoms with Crippen molar-refractivity contribution in [2.24, 2.45) is 0 Å². The molecule has 7 nitrogen and oxygen atoms in total. The summed E-state index contributed by atoms with van der Waals surface area (Å²) in [6, 6.07) is 4.67. The number of nitrogens with zero attached hydrogens (tertiary/aromatic N) is 1. The molecule has 8 heteroatoms. The van der Waals surface area contributed by atoms with E-state index in [0.717, 1.165) is 0 Å². The lowest BCUT2D eigenvalue weighted by atomic mass is 10.1. The zero-order chi connectivity index (χ0) is 15.1. The van der Waals surface area contributed by atoms with E-state index in [1.165, 1.54) is 18.2 Å². The third-order valence-corrected chi connectivity index (χ3v) is 3.47. The van der Waals surface area contributed by atoms with Crippen LogP contribution in [0, 0.1) is 0 Å². The van der Waals surface area contributed by atoms with Crippen LogP contribution < -0.4 is 5.48 Å². The number of nitrogens with one attached hydrogen (secondary N) is 1. The van der Waals surface area contributed by atoms with Gasteiger partial charge in [0.05, 0.1) is 11.1 Å². The number of carbonyl (C=O) groups is 3. The van der Waals surface area contributed by atoms with Gasteiger partial charge in [0.1, 0.15) is 11.3 Å². The van der Waals surface area contributed by atoms with Crippen molar-refractivity contribution in [3.05, 3.63) is 46.6 Å². The minimum Gasteiger partial charge on any atom is -0.480 e. The van der Waals surface area contributed by atoms with Crippen LogP contribution in [0.2, 0.25) is 0 Å². The van der Waals surface area contributed by atoms with Crippen molar-refractivity contribution in [3.8, 4) is 0 Å². The molecule has 2 heterocycles. The number of benzene rings is 1. The predicted octanol–water partition coefficient (Wildman–Crippen LogP) is 0.719. The maximum absolute atomic E-state index is 12.3. The molecular weight excluding hydrogens is 300 g/mol. The fourth-order valence-corrected chi connectivity index (χ4v) is 2.52. The van der Waals surface area contributed by atoms with E-state index in [9.17, 15) is 19.5 Å². The molecule has 1 aromatic carbocycles. The maximum Gasteiger partial charge on any atom is 0.330 e. The molecule has 108 valence electrons. The number of imide groups is 1. The quantitative estimate of drug-likeness (QED) is 0.631. The molecule has 3 rings (SSSR count). The fourth-order valence-electron chi connectivity index (χ4n) is 2.35. The predicted molar refractivity (Wildman–Crippen MR) is 70.3 cm³/mol. The Labute approximate surface area is 123 Å². The fraction of sp³-hybridized carbons (Fsp3) is 0.154. The number of carbonyl (C=O) groups excluding carboxylic acids is 2. The van der Waals surface area contributed by atoms with Crippen LogP contribution in [-0.4, -0.2) is 39.9 Å². The molecule has 2 amide bonds. The maximum atomic E-state index is 12.3. The summed E-state index contributed by atoms with van der Waals surface area (Å²) in [4.78, 5) is 41.8. The van der Waals surface area contributed by atoms with Crippen molar-refractivity contribution >= 4 is 29.4 Å². The molecule has 2 N–H and O–H groups in total. The Hall–Kier alpha value is -2.38. The van der Waals surface area contributed by atoms with Gasteiger partial charge in [0.2, 0.25) is 0 Å². The summed E-state index contributed by atoms with van der Waals surface area (Å²) in [5.74, 6) is -2.69. The Bertz CT molecular complexity index is 652. The second kappa shape index (κ2) is 4.87. The number of carboxylic acids is 1. The molecule has 0 spiro atoms. The standard InChI is InChI=1S/C13H9ClN2O5/c14-9-5-8(21-15-9)10(13(19)20)16-11(17)6-3-1-2-4-7(6)12(16)18/h1-5,8,10,15H,(H,19,20)/t8-,10-/m0/s1. The molecular formula is C13H9ClN2O5. The summed E-state index contributed by atoms with van der Waals surface area (Å²) in [7, 11) is 0. The number of hydroxylamine groups is 1. The molecule has 0 bridgehead atoms. The first kappa shape index (κ1) is 13.6. The average molecular weight is 309 g/mol. The van der Waals surface area contributed by atoms with Crippen molar-refractivity contribution in [3.63, 3.8) is 0 Å². The van der Waals surface area contributed by atoms with Gasteiger partial charge in [-0.2, -0.15) is 0 Å². The van der Waals surface area contributed by atoms with Gasteiger partial charge in [-0.3, -0.25) is 24.8 Å². The van der Waals surface area contributed by atoms with Crippen LogP contribution in [0.25, 0.3) is 0 Å². The van der Waals surface area contributed by atoms with Gasteiger partial charge in [-0.05, 0) is 18.2 Å². The minimum absolute atomic E-state index is 0.0999. The number of halogens is 1. The molecule has 0 saturated carbocycles. The smallest absolute Gasteiger partial charge is 0.330 e. The molecule has 2 atom stereocenters. The lowest BCUT2D eigenvalue weighted by molar-refractivity contribution is -0.146. The number of hydrogen-bond acceptors (Lipinski definition) is 5. The van der Waals surface area contributed by atoms with Gasteiger partial charge in [0, 0.05) is 0 Å². The Balaban J connectivity index is 2.01. The summed E-state index contributed by atoms with van der Waals surface area (Å²) in [5.41, 5.74) is 2.64. The molecule has 2 aliphatic heterocycles. The average Bonchev–Trinajstić information content (AvgIpc) is 2.97. The number of hydrogen-bond donors (Lipinski definition) is 2. The van der Waals surface area contributed by atoms with Crippen molar-refractivity contribution < 1.29 is 24.3 Å². The van der Waals surface area contributed by atoms with Crippen LogP contribution in [-0.2, 0) is 9.63 Å². The topological polar surface area (TPSA) is 95.9 Å². The minimum atomic E-state index is -1.50. The molecule has 0 aliphatic carbocycles. The molecule has 0 radical (unpaired) electrons. The summed E-state index contributed by atoms with van der Waals surface area (Å²) in [5, 5.41) is 9.47. The first-order chi connectivity index (χ1) is 10.0. The normalized spacial score (nSPS) is 21.9. The monoisotopic (exact) mass is 308 g/mol. The Kier molecular flexibility index (Phi) is 3.15. The molecule has 1 aromatic rings. The van der Waals surface area contributed by atoms with Crippen LogP contribution in [0.1, 0.15) is 20.7 Å². The van der Waals surface area contributed by atoms with Crippen LogP contribution in [0.3, 0.4) is 0 Å². The summed E-state index contributed by atoms with van der Waals surface area (Å²) < 4.78 is 0. The number of carboxylic acid groups (broad SMARTS) is 1. The highest BCUT2D eigenvalue weighted by atomic mass is 35.5. The summed E-state index contributed by atoms with van der Waals surface area (Å²) in [6.07, 6.45) is 0.237. The Morgan fingerprint density at radius 1 is 1.29 bits per heavy atom. The van der Waals surface area contributed by atoms with Gasteiger partial charge < -0.3 is 5.11 Å². The SMILES string of the molecule is O=C(O)[C@H]([C@@H]1C=C(Cl)NO1)N1C(=O)c2ccccc2C1=O. The van der Waals surface area contributed by atoms with Crippen molar-refractivity contribution in [2.45, 2.75) is 12.1 Å². The lowest BCUT2D eigenvalue weighted by Gasteiger charge is -2.25. The van der Waals surface area contributed by atoms with E-state index < -0.39 is 29.9 Å². The van der Waals surface area contributed by atoms with Gasteiger partial charge >= 0.3 is 5.97 Å². The van der Waals surface area contributed by atoms with Gasteiger partial charge in [-0.15, -0.1) is 0 Å². The molecule has 0 unspecified atom stereocenters. The number of amides is 2. The second-order valence-electron chi connectivity index (χ2n) is 4.51. The Morgan fingerprint density at radius 2 is 1.86 bits per heavy atom. The highest BCUT2D eigenvalue weighted by Gasteiger charge is 2.47. The zero-order valence-electron chi connectivity index (χ0n) is 10.4. The van der Waals surface area contributed by atoms with Crippen molar-refractivity contribution in [1.29, 1.82) is 0 Å². The largest absolute Gasteiger partial charge is 0.480 e. The Morgan fingerprint density at radius 3 is 2.29 bits per heavy atom. The van der Waals surface area contributed by atoms with Crippen molar-refractivity contribution in [1.82, 2.24) is 10.4 Å². The zero-order valence-corrected chi connectivity index (χ0v) is 11.2. The third-order valence-electron chi connectivity index (χ3n) is 3.27. The highest BCUT2D eigenvalue weighted by Crippen LogP contribution is 2.28. The first-order valence-corrected chi connectivity index (χ1v) is 6.37.